The summed E-state index contributed by atoms with van der Waals surface area (Å²) in [6.45, 7) is 0. The average Bonchev–Trinajstić information content (AvgIpc) is 2.94. The highest BCUT2D eigenvalue weighted by molar-refractivity contribution is 5.93. The van der Waals surface area contributed by atoms with Crippen LogP contribution >= 0.6 is 0 Å². The molecule has 4 aromatic rings. The van der Waals surface area contributed by atoms with Crippen molar-refractivity contribution < 1.29 is 9.21 Å². The Kier molecular flexibility index (Phi) is 4.12. The van der Waals surface area contributed by atoms with Gasteiger partial charge >= 0.3 is 5.76 Å². The summed E-state index contributed by atoms with van der Waals surface area (Å²) in [4.78, 5) is 38.8. The summed E-state index contributed by atoms with van der Waals surface area (Å²) < 4.78 is 6.44. The summed E-state index contributed by atoms with van der Waals surface area (Å²) in [5.74, 6) is -0.667. The van der Waals surface area contributed by atoms with Crippen LogP contribution in [0.1, 0.15) is 12.0 Å². The van der Waals surface area contributed by atoms with E-state index in [0.29, 0.717) is 28.8 Å². The highest BCUT2D eigenvalue weighted by Gasteiger charge is 2.10. The zero-order valence-electron chi connectivity index (χ0n) is 14.6. The van der Waals surface area contributed by atoms with Crippen molar-refractivity contribution in [3.05, 3.63) is 75.0 Å². The number of carbonyl (C=O) groups excluding carboxylic acids is 1. The number of aryl methyl sites for hydroxylation is 2. The summed E-state index contributed by atoms with van der Waals surface area (Å²) in [5.41, 5.74) is 2.78. The second-order valence-corrected chi connectivity index (χ2v) is 6.37. The number of hydrogen-bond donors (Lipinski definition) is 2. The zero-order chi connectivity index (χ0) is 19.0. The van der Waals surface area contributed by atoms with Gasteiger partial charge in [0.15, 0.2) is 5.58 Å². The standard InChI is InChI=1S/C20H17N3O4/c1-23-16-11-14(7-8-17(16)27-20(23)26)21-18(24)9-6-13-10-12-4-2-3-5-15(12)22-19(13)25/h2-5,7-8,10-11H,6,9H2,1H3,(H,21,24)(H,22,25). The van der Waals surface area contributed by atoms with Crippen LogP contribution in [0, 0.1) is 0 Å². The first kappa shape index (κ1) is 16.8. The van der Waals surface area contributed by atoms with Gasteiger partial charge in [-0.3, -0.25) is 14.2 Å². The Morgan fingerprint density at radius 2 is 1.96 bits per heavy atom. The second-order valence-electron chi connectivity index (χ2n) is 6.37. The summed E-state index contributed by atoms with van der Waals surface area (Å²) in [5, 5.41) is 3.72. The van der Waals surface area contributed by atoms with E-state index in [2.05, 4.69) is 10.3 Å². The topological polar surface area (TPSA) is 97.1 Å². The minimum Gasteiger partial charge on any atom is -0.408 e. The lowest BCUT2D eigenvalue weighted by molar-refractivity contribution is -0.116. The van der Waals surface area contributed by atoms with Crippen LogP contribution in [0.3, 0.4) is 0 Å². The molecule has 7 nitrogen and oxygen atoms in total. The molecular formula is C20H17N3O4. The Hall–Kier alpha value is -3.61. The van der Waals surface area contributed by atoms with Gasteiger partial charge in [0.2, 0.25) is 5.91 Å². The fraction of sp³-hybridized carbons (Fsp3) is 0.150. The number of anilines is 1. The number of oxazole rings is 1. The minimum absolute atomic E-state index is 0.170. The van der Waals surface area contributed by atoms with Crippen LogP contribution < -0.4 is 16.6 Å². The molecule has 0 radical (unpaired) electrons. The average molecular weight is 363 g/mol. The van der Waals surface area contributed by atoms with E-state index in [4.69, 9.17) is 4.42 Å². The van der Waals surface area contributed by atoms with Crippen molar-refractivity contribution in [3.8, 4) is 0 Å². The number of benzene rings is 2. The molecule has 27 heavy (non-hydrogen) atoms. The molecule has 2 heterocycles. The SMILES string of the molecule is Cn1c(=O)oc2ccc(NC(=O)CCc3cc4ccccc4[nH]c3=O)cc21. The van der Waals surface area contributed by atoms with Gasteiger partial charge in [0, 0.05) is 30.2 Å². The Labute approximate surface area is 153 Å². The molecule has 0 aliphatic rings. The van der Waals surface area contributed by atoms with Crippen molar-refractivity contribution in [1.82, 2.24) is 9.55 Å². The third-order valence-corrected chi connectivity index (χ3v) is 4.53. The second kappa shape index (κ2) is 6.60. The lowest BCUT2D eigenvalue weighted by Crippen LogP contribution is -2.17. The maximum atomic E-state index is 12.3. The van der Waals surface area contributed by atoms with Crippen LogP contribution in [-0.2, 0) is 18.3 Å². The zero-order valence-corrected chi connectivity index (χ0v) is 14.6. The number of aromatic amines is 1. The predicted octanol–water partition coefficient (Wildman–Crippen LogP) is 2.54. The van der Waals surface area contributed by atoms with Gasteiger partial charge in [0.1, 0.15) is 0 Å². The summed E-state index contributed by atoms with van der Waals surface area (Å²) in [7, 11) is 1.60. The molecule has 4 rings (SSSR count). The molecule has 0 aliphatic heterocycles. The Morgan fingerprint density at radius 3 is 2.81 bits per heavy atom. The fourth-order valence-electron chi connectivity index (χ4n) is 3.05. The third-order valence-electron chi connectivity index (χ3n) is 4.53. The van der Waals surface area contributed by atoms with Crippen LogP contribution in [0.2, 0.25) is 0 Å². The van der Waals surface area contributed by atoms with Gasteiger partial charge in [-0.25, -0.2) is 4.79 Å². The van der Waals surface area contributed by atoms with Crippen LogP contribution in [0.4, 0.5) is 5.69 Å². The number of aromatic nitrogens is 2. The number of para-hydroxylation sites is 1. The molecule has 2 N–H and O–H groups in total. The molecule has 2 aromatic heterocycles. The van der Waals surface area contributed by atoms with Gasteiger partial charge in [-0.2, -0.15) is 0 Å². The molecule has 7 heteroatoms. The molecule has 136 valence electrons. The van der Waals surface area contributed by atoms with Crippen LogP contribution in [0.15, 0.2) is 62.5 Å². The number of H-pyrrole nitrogens is 1. The van der Waals surface area contributed by atoms with Crippen LogP contribution in [0.5, 0.6) is 0 Å². The quantitative estimate of drug-likeness (QED) is 0.582. The maximum absolute atomic E-state index is 12.3. The first-order chi connectivity index (χ1) is 13.0. The number of rotatable bonds is 4. The molecule has 0 atom stereocenters. The molecule has 1 amide bonds. The molecule has 2 aromatic carbocycles. The Bertz CT molecular complexity index is 1280. The molecule has 0 spiro atoms. The van der Waals surface area contributed by atoms with Gasteiger partial charge in [-0.1, -0.05) is 18.2 Å². The normalized spacial score (nSPS) is 11.1. The smallest absolute Gasteiger partial charge is 0.408 e. The highest BCUT2D eigenvalue weighted by atomic mass is 16.4. The molecule has 0 saturated heterocycles. The van der Waals surface area contributed by atoms with Crippen molar-refractivity contribution >= 4 is 33.6 Å². The van der Waals surface area contributed by atoms with E-state index < -0.39 is 5.76 Å². The van der Waals surface area contributed by atoms with Gasteiger partial charge < -0.3 is 14.7 Å². The number of pyridine rings is 1. The van der Waals surface area contributed by atoms with Crippen molar-refractivity contribution in [3.63, 3.8) is 0 Å². The van der Waals surface area contributed by atoms with E-state index in [1.165, 1.54) is 4.57 Å². The van der Waals surface area contributed by atoms with E-state index in [-0.39, 0.29) is 17.9 Å². The molecular weight excluding hydrogens is 346 g/mol. The number of nitrogens with one attached hydrogen (secondary N) is 2. The predicted molar refractivity (Wildman–Crippen MR) is 103 cm³/mol. The summed E-state index contributed by atoms with van der Waals surface area (Å²) in [6.07, 6.45) is 0.502. The first-order valence-electron chi connectivity index (χ1n) is 8.51. The fourth-order valence-corrected chi connectivity index (χ4v) is 3.05. The van der Waals surface area contributed by atoms with Gasteiger partial charge in [-0.15, -0.1) is 0 Å². The highest BCUT2D eigenvalue weighted by Crippen LogP contribution is 2.18. The van der Waals surface area contributed by atoms with E-state index in [0.717, 1.165) is 10.9 Å². The molecule has 0 saturated carbocycles. The third kappa shape index (κ3) is 3.27. The summed E-state index contributed by atoms with van der Waals surface area (Å²) >= 11 is 0. The molecule has 0 bridgehead atoms. The van der Waals surface area contributed by atoms with E-state index >= 15 is 0 Å². The number of hydrogen-bond acceptors (Lipinski definition) is 4. The number of amides is 1. The monoisotopic (exact) mass is 363 g/mol. The van der Waals surface area contributed by atoms with Crippen molar-refractivity contribution in [2.75, 3.05) is 5.32 Å². The number of nitrogens with zero attached hydrogens (tertiary/aromatic N) is 1. The number of fused-ring (bicyclic) bond motifs is 2. The lowest BCUT2D eigenvalue weighted by Gasteiger charge is -2.06. The van der Waals surface area contributed by atoms with E-state index in [1.54, 1.807) is 25.2 Å². The van der Waals surface area contributed by atoms with Crippen LogP contribution in [0.25, 0.3) is 22.0 Å². The largest absolute Gasteiger partial charge is 0.419 e. The van der Waals surface area contributed by atoms with Crippen LogP contribution in [-0.4, -0.2) is 15.5 Å². The maximum Gasteiger partial charge on any atom is 0.419 e. The van der Waals surface area contributed by atoms with Gasteiger partial charge in [0.05, 0.1) is 5.52 Å². The van der Waals surface area contributed by atoms with Gasteiger partial charge in [-0.05, 0) is 42.1 Å². The number of carbonyl (C=O) groups is 1. The summed E-state index contributed by atoms with van der Waals surface area (Å²) in [6, 6.07) is 14.3. The molecule has 0 aliphatic carbocycles. The first-order valence-corrected chi connectivity index (χ1v) is 8.51. The van der Waals surface area contributed by atoms with Crippen molar-refractivity contribution in [2.45, 2.75) is 12.8 Å². The van der Waals surface area contributed by atoms with E-state index in [1.807, 2.05) is 30.3 Å². The van der Waals surface area contributed by atoms with Crippen molar-refractivity contribution in [1.29, 1.82) is 0 Å². The Balaban J connectivity index is 1.48. The molecule has 0 fully saturated rings. The lowest BCUT2D eigenvalue weighted by atomic mass is 10.1. The van der Waals surface area contributed by atoms with E-state index in [9.17, 15) is 14.4 Å². The minimum atomic E-state index is -0.455. The van der Waals surface area contributed by atoms with Gasteiger partial charge in [0.25, 0.3) is 5.56 Å². The Morgan fingerprint density at radius 1 is 1.15 bits per heavy atom. The van der Waals surface area contributed by atoms with Crippen molar-refractivity contribution in [2.24, 2.45) is 7.05 Å². The molecule has 0 unspecified atom stereocenters.